The summed E-state index contributed by atoms with van der Waals surface area (Å²) in [6, 6.07) is 17.0. The molecule has 3 aromatic rings. The average molecular weight is 459 g/mol. The molecule has 0 radical (unpaired) electrons. The van der Waals surface area contributed by atoms with E-state index < -0.39 is 10.0 Å². The molecule has 1 fully saturated rings. The van der Waals surface area contributed by atoms with Gasteiger partial charge in [0.1, 0.15) is 5.82 Å². The Labute approximate surface area is 189 Å². The number of fused-ring (bicyclic) bond motifs is 1. The molecule has 1 aliphatic rings. The molecule has 6 nitrogen and oxygen atoms in total. The summed E-state index contributed by atoms with van der Waals surface area (Å²) in [6.45, 7) is 5.80. The molecular formula is C23H30N4O2S2. The van der Waals surface area contributed by atoms with Crippen molar-refractivity contribution >= 4 is 37.5 Å². The molecule has 1 aromatic heterocycles. The van der Waals surface area contributed by atoms with E-state index in [1.807, 2.05) is 6.07 Å². The van der Waals surface area contributed by atoms with Gasteiger partial charge in [0.05, 0.1) is 9.60 Å². The molecule has 8 heteroatoms. The Balaban J connectivity index is 1.10. The maximum Gasteiger partial charge on any atom is 0.240 e. The zero-order valence-corrected chi connectivity index (χ0v) is 19.4. The molecule has 0 aliphatic carbocycles. The molecule has 0 amide bonds. The third-order valence-electron chi connectivity index (χ3n) is 5.78. The summed E-state index contributed by atoms with van der Waals surface area (Å²) in [5, 5.41) is 1.27. The molecule has 166 valence electrons. The average Bonchev–Trinajstić information content (AvgIpc) is 3.24. The van der Waals surface area contributed by atoms with E-state index in [1.54, 1.807) is 35.8 Å². The Morgan fingerprint density at radius 1 is 0.871 bits per heavy atom. The second-order valence-electron chi connectivity index (χ2n) is 7.96. The fourth-order valence-electron chi connectivity index (χ4n) is 3.99. The van der Waals surface area contributed by atoms with Crippen molar-refractivity contribution in [1.82, 2.24) is 14.0 Å². The summed E-state index contributed by atoms with van der Waals surface area (Å²) in [4.78, 5) is 5.27. The van der Waals surface area contributed by atoms with E-state index >= 15 is 0 Å². The Morgan fingerprint density at radius 2 is 1.58 bits per heavy atom. The minimum Gasteiger partial charge on any atom is -0.353 e. The van der Waals surface area contributed by atoms with Crippen molar-refractivity contribution in [2.24, 2.45) is 0 Å². The molecule has 0 bridgehead atoms. The first-order chi connectivity index (χ1) is 15.1. The quantitative estimate of drug-likeness (QED) is 0.466. The maximum absolute atomic E-state index is 12.2. The van der Waals surface area contributed by atoms with Crippen LogP contribution in [0.25, 0.3) is 10.1 Å². The molecule has 1 saturated heterocycles. The molecule has 31 heavy (non-hydrogen) atoms. The number of benzene rings is 2. The van der Waals surface area contributed by atoms with Crippen molar-refractivity contribution in [2.75, 3.05) is 44.2 Å². The second-order valence-corrected chi connectivity index (χ2v) is 10.5. The summed E-state index contributed by atoms with van der Waals surface area (Å²) in [6.07, 6.45) is 4.20. The lowest BCUT2D eigenvalue weighted by Gasteiger charge is -2.35. The highest BCUT2D eigenvalue weighted by Crippen LogP contribution is 2.29. The van der Waals surface area contributed by atoms with Gasteiger partial charge in [-0.05, 0) is 55.2 Å². The van der Waals surface area contributed by atoms with Crippen LogP contribution in [0.2, 0.25) is 0 Å². The molecule has 0 atom stereocenters. The number of hydrogen-bond donors (Lipinski definition) is 1. The summed E-state index contributed by atoms with van der Waals surface area (Å²) >= 11 is 1.58. The van der Waals surface area contributed by atoms with E-state index in [9.17, 15) is 8.42 Å². The van der Waals surface area contributed by atoms with Crippen LogP contribution in [0.1, 0.15) is 25.7 Å². The third kappa shape index (κ3) is 5.83. The highest BCUT2D eigenvalue weighted by atomic mass is 32.2. The van der Waals surface area contributed by atoms with Gasteiger partial charge in [-0.3, -0.25) is 4.90 Å². The van der Waals surface area contributed by atoms with Gasteiger partial charge in [-0.25, -0.2) is 13.1 Å². The standard InChI is InChI=1S/C23H30N4O2S2/c28-31(29,20-10-4-3-5-11-20)24-14-8-1-2-9-15-26-16-18-27(19-17-26)23-21-12-6-7-13-22(21)30-25-23/h3-7,10-13,24H,1-2,8-9,14-19H2. The smallest absolute Gasteiger partial charge is 0.240 e. The molecule has 1 N–H and O–H groups in total. The predicted octanol–water partition coefficient (Wildman–Crippen LogP) is 3.96. The van der Waals surface area contributed by atoms with Crippen molar-refractivity contribution in [3.8, 4) is 0 Å². The van der Waals surface area contributed by atoms with Gasteiger partial charge in [0.25, 0.3) is 0 Å². The van der Waals surface area contributed by atoms with Crippen molar-refractivity contribution < 1.29 is 8.42 Å². The zero-order chi connectivity index (χ0) is 21.5. The Kier molecular flexibility index (Phi) is 7.55. The third-order valence-corrected chi connectivity index (χ3v) is 8.07. The molecule has 4 rings (SSSR count). The van der Waals surface area contributed by atoms with Crippen molar-refractivity contribution in [3.63, 3.8) is 0 Å². The van der Waals surface area contributed by atoms with Crippen LogP contribution in [0.5, 0.6) is 0 Å². The maximum atomic E-state index is 12.2. The van der Waals surface area contributed by atoms with E-state index in [1.165, 1.54) is 10.1 Å². The molecule has 0 saturated carbocycles. The Morgan fingerprint density at radius 3 is 2.39 bits per heavy atom. The largest absolute Gasteiger partial charge is 0.353 e. The van der Waals surface area contributed by atoms with E-state index in [0.717, 1.165) is 64.2 Å². The van der Waals surface area contributed by atoms with Crippen molar-refractivity contribution in [1.29, 1.82) is 0 Å². The lowest BCUT2D eigenvalue weighted by Crippen LogP contribution is -2.46. The van der Waals surface area contributed by atoms with Crippen LogP contribution in [0.3, 0.4) is 0 Å². The van der Waals surface area contributed by atoms with Gasteiger partial charge in [0.2, 0.25) is 10.0 Å². The molecule has 1 aliphatic heterocycles. The number of nitrogens with zero attached hydrogens (tertiary/aromatic N) is 3. The first-order valence-electron chi connectivity index (χ1n) is 11.0. The van der Waals surface area contributed by atoms with Crippen molar-refractivity contribution in [2.45, 2.75) is 30.6 Å². The molecule has 0 unspecified atom stereocenters. The van der Waals surface area contributed by atoms with Crippen LogP contribution in [0.15, 0.2) is 59.5 Å². The number of anilines is 1. The van der Waals surface area contributed by atoms with Gasteiger partial charge in [-0.2, -0.15) is 4.37 Å². The number of aromatic nitrogens is 1. The summed E-state index contributed by atoms with van der Waals surface area (Å²) in [7, 11) is -3.38. The van der Waals surface area contributed by atoms with Crippen LogP contribution >= 0.6 is 11.5 Å². The first-order valence-corrected chi connectivity index (χ1v) is 13.3. The molecular weight excluding hydrogens is 428 g/mol. The fourth-order valence-corrected chi connectivity index (χ4v) is 5.88. The van der Waals surface area contributed by atoms with Gasteiger partial charge in [0.15, 0.2) is 0 Å². The van der Waals surface area contributed by atoms with Gasteiger partial charge in [-0.1, -0.05) is 43.2 Å². The topological polar surface area (TPSA) is 65.5 Å². The predicted molar refractivity (Wildman–Crippen MR) is 128 cm³/mol. The SMILES string of the molecule is O=S(=O)(NCCCCCCN1CCN(c2nsc3ccccc23)CC1)c1ccccc1. The normalized spacial score (nSPS) is 15.5. The minimum absolute atomic E-state index is 0.333. The lowest BCUT2D eigenvalue weighted by molar-refractivity contribution is 0.252. The van der Waals surface area contributed by atoms with Crippen LogP contribution in [0.4, 0.5) is 5.82 Å². The van der Waals surface area contributed by atoms with Crippen LogP contribution in [0, 0.1) is 0 Å². The van der Waals surface area contributed by atoms with Gasteiger partial charge in [-0.15, -0.1) is 0 Å². The van der Waals surface area contributed by atoms with Gasteiger partial charge in [0, 0.05) is 38.1 Å². The van der Waals surface area contributed by atoms with E-state index in [0.29, 0.717) is 11.4 Å². The number of piperazine rings is 1. The van der Waals surface area contributed by atoms with Crippen molar-refractivity contribution in [3.05, 3.63) is 54.6 Å². The fraction of sp³-hybridized carbons (Fsp3) is 0.435. The summed E-state index contributed by atoms with van der Waals surface area (Å²) < 4.78 is 33.0. The second kappa shape index (κ2) is 10.5. The monoisotopic (exact) mass is 458 g/mol. The summed E-state index contributed by atoms with van der Waals surface area (Å²) in [5.41, 5.74) is 0. The highest BCUT2D eigenvalue weighted by Gasteiger charge is 2.20. The zero-order valence-electron chi connectivity index (χ0n) is 17.7. The number of rotatable bonds is 10. The summed E-state index contributed by atoms with van der Waals surface area (Å²) in [5.74, 6) is 1.14. The highest BCUT2D eigenvalue weighted by molar-refractivity contribution is 7.89. The number of nitrogens with one attached hydrogen (secondary N) is 1. The van der Waals surface area contributed by atoms with E-state index in [2.05, 4.69) is 43.2 Å². The Hall–Kier alpha value is -2.00. The van der Waals surface area contributed by atoms with E-state index in [4.69, 9.17) is 0 Å². The molecule has 0 spiro atoms. The molecule has 2 aromatic carbocycles. The first kappa shape index (κ1) is 22.2. The lowest BCUT2D eigenvalue weighted by atomic mass is 10.2. The van der Waals surface area contributed by atoms with Gasteiger partial charge >= 0.3 is 0 Å². The number of unbranched alkanes of at least 4 members (excludes halogenated alkanes) is 3. The van der Waals surface area contributed by atoms with Crippen LogP contribution in [-0.2, 0) is 10.0 Å². The van der Waals surface area contributed by atoms with E-state index in [-0.39, 0.29) is 0 Å². The Bertz CT molecular complexity index is 1060. The number of hydrogen-bond acceptors (Lipinski definition) is 6. The number of sulfonamides is 1. The molecule has 2 heterocycles. The minimum atomic E-state index is -3.38. The van der Waals surface area contributed by atoms with Crippen LogP contribution < -0.4 is 9.62 Å². The van der Waals surface area contributed by atoms with Crippen LogP contribution in [-0.4, -0.2) is 57.0 Å². The van der Waals surface area contributed by atoms with Gasteiger partial charge < -0.3 is 4.90 Å².